The molecule has 0 saturated carbocycles. The van der Waals surface area contributed by atoms with E-state index in [-0.39, 0.29) is 21.9 Å². The maximum absolute atomic E-state index is 11.8. The summed E-state index contributed by atoms with van der Waals surface area (Å²) in [6, 6.07) is 10.3. The summed E-state index contributed by atoms with van der Waals surface area (Å²) < 4.78 is 0. The molecule has 0 aliphatic carbocycles. The molecule has 0 unspecified atom stereocenters. The summed E-state index contributed by atoms with van der Waals surface area (Å²) in [6.45, 7) is 0. The van der Waals surface area contributed by atoms with Crippen LogP contribution in [0.25, 0.3) is 0 Å². The second-order valence-electron chi connectivity index (χ2n) is 4.05. The zero-order chi connectivity index (χ0) is 15.4. The number of hydrazine groups is 1. The summed E-state index contributed by atoms with van der Waals surface area (Å²) in [5.41, 5.74) is 4.70. The van der Waals surface area contributed by atoms with Crippen molar-refractivity contribution in [2.75, 3.05) is 0 Å². The molecular weight excluding hydrogens is 315 g/mol. The third-order valence-corrected chi connectivity index (χ3v) is 3.36. The summed E-state index contributed by atoms with van der Waals surface area (Å²) in [4.78, 5) is 23.6. The van der Waals surface area contributed by atoms with Crippen molar-refractivity contribution in [1.82, 2.24) is 10.9 Å². The first-order chi connectivity index (χ1) is 9.99. The van der Waals surface area contributed by atoms with Crippen molar-refractivity contribution in [3.8, 4) is 5.75 Å². The van der Waals surface area contributed by atoms with E-state index in [1.165, 1.54) is 30.3 Å². The van der Waals surface area contributed by atoms with Gasteiger partial charge >= 0.3 is 0 Å². The van der Waals surface area contributed by atoms with Crippen LogP contribution in [0.4, 0.5) is 0 Å². The number of carbonyl (C=O) groups is 2. The first-order valence-corrected chi connectivity index (χ1v) is 6.58. The van der Waals surface area contributed by atoms with Gasteiger partial charge in [0.05, 0.1) is 15.6 Å². The highest BCUT2D eigenvalue weighted by atomic mass is 35.5. The highest BCUT2D eigenvalue weighted by Crippen LogP contribution is 2.22. The normalized spacial score (nSPS) is 10.0. The number of hydrogen-bond donors (Lipinski definition) is 3. The Hall–Kier alpha value is -2.24. The van der Waals surface area contributed by atoms with Gasteiger partial charge in [-0.05, 0) is 30.3 Å². The molecule has 0 aliphatic heterocycles. The van der Waals surface area contributed by atoms with Crippen molar-refractivity contribution in [3.05, 3.63) is 63.6 Å². The number of rotatable bonds is 2. The molecular formula is C14H10Cl2N2O3. The summed E-state index contributed by atoms with van der Waals surface area (Å²) in [6.07, 6.45) is 0. The predicted octanol–water partition coefficient (Wildman–Crippen LogP) is 2.77. The van der Waals surface area contributed by atoms with Crippen molar-refractivity contribution in [1.29, 1.82) is 0 Å². The Bertz CT molecular complexity index is 704. The van der Waals surface area contributed by atoms with Crippen LogP contribution in [0.3, 0.4) is 0 Å². The number of carbonyl (C=O) groups excluding carboxylic acids is 2. The van der Waals surface area contributed by atoms with Crippen LogP contribution in [-0.2, 0) is 0 Å². The second kappa shape index (κ2) is 6.47. The minimum Gasteiger partial charge on any atom is -0.507 e. The average molecular weight is 325 g/mol. The monoisotopic (exact) mass is 324 g/mol. The van der Waals surface area contributed by atoms with Gasteiger partial charge in [-0.1, -0.05) is 35.3 Å². The van der Waals surface area contributed by atoms with Gasteiger partial charge in [-0.15, -0.1) is 0 Å². The molecule has 0 bridgehead atoms. The third kappa shape index (κ3) is 3.65. The van der Waals surface area contributed by atoms with Crippen molar-refractivity contribution >= 4 is 35.0 Å². The zero-order valence-electron chi connectivity index (χ0n) is 10.6. The number of amides is 2. The minimum atomic E-state index is -0.637. The van der Waals surface area contributed by atoms with Gasteiger partial charge in [0.15, 0.2) is 0 Å². The van der Waals surface area contributed by atoms with Gasteiger partial charge < -0.3 is 5.11 Å². The number of nitrogens with one attached hydrogen (secondary N) is 2. The number of aromatic hydroxyl groups is 1. The molecule has 0 heterocycles. The number of benzene rings is 2. The molecule has 0 fully saturated rings. The molecule has 3 N–H and O–H groups in total. The number of hydrogen-bond acceptors (Lipinski definition) is 3. The molecule has 2 aromatic carbocycles. The molecule has 0 spiro atoms. The lowest BCUT2D eigenvalue weighted by molar-refractivity contribution is 0.0845. The van der Waals surface area contributed by atoms with Crippen LogP contribution in [0.2, 0.25) is 10.0 Å². The Morgan fingerprint density at radius 3 is 2.24 bits per heavy atom. The first-order valence-electron chi connectivity index (χ1n) is 5.83. The van der Waals surface area contributed by atoms with Crippen LogP contribution < -0.4 is 10.9 Å². The summed E-state index contributed by atoms with van der Waals surface area (Å²) in [5, 5.41) is 10.1. The second-order valence-corrected chi connectivity index (χ2v) is 4.87. The fourth-order valence-electron chi connectivity index (χ4n) is 1.56. The molecule has 2 rings (SSSR count). The van der Waals surface area contributed by atoms with E-state index in [0.717, 1.165) is 0 Å². The van der Waals surface area contributed by atoms with E-state index in [4.69, 9.17) is 23.2 Å². The van der Waals surface area contributed by atoms with Gasteiger partial charge in [0.2, 0.25) is 0 Å². The van der Waals surface area contributed by atoms with Crippen LogP contribution in [0.5, 0.6) is 5.75 Å². The standard InChI is InChI=1S/C14H10Cl2N2O3/c15-10-6-5-8(7-11(10)16)13(20)17-18-14(21)9-3-1-2-4-12(9)19/h1-7,19H,(H,17,20)(H,18,21). The molecule has 0 aromatic heterocycles. The topological polar surface area (TPSA) is 78.4 Å². The fourth-order valence-corrected chi connectivity index (χ4v) is 1.85. The van der Waals surface area contributed by atoms with Crippen molar-refractivity contribution < 1.29 is 14.7 Å². The summed E-state index contributed by atoms with van der Waals surface area (Å²) >= 11 is 11.6. The largest absolute Gasteiger partial charge is 0.507 e. The zero-order valence-corrected chi connectivity index (χ0v) is 12.1. The van der Waals surface area contributed by atoms with E-state index >= 15 is 0 Å². The van der Waals surface area contributed by atoms with Gasteiger partial charge in [0.1, 0.15) is 5.75 Å². The molecule has 0 aliphatic rings. The maximum Gasteiger partial charge on any atom is 0.273 e. The van der Waals surface area contributed by atoms with Crippen LogP contribution in [0, 0.1) is 0 Å². The van der Waals surface area contributed by atoms with Crippen LogP contribution in [0.1, 0.15) is 20.7 Å². The number of para-hydroxylation sites is 1. The number of phenolic OH excluding ortho intramolecular Hbond substituents is 1. The molecule has 0 saturated heterocycles. The van der Waals surface area contributed by atoms with Crippen molar-refractivity contribution in [2.24, 2.45) is 0 Å². The predicted molar refractivity (Wildman–Crippen MR) is 79.5 cm³/mol. The Kier molecular flexibility index (Phi) is 4.67. The smallest absolute Gasteiger partial charge is 0.273 e. The Morgan fingerprint density at radius 2 is 1.57 bits per heavy atom. The van der Waals surface area contributed by atoms with E-state index in [1.807, 2.05) is 0 Å². The Balaban J connectivity index is 2.02. The quantitative estimate of drug-likeness (QED) is 0.743. The minimum absolute atomic E-state index is 0.0481. The van der Waals surface area contributed by atoms with E-state index in [2.05, 4.69) is 10.9 Å². The molecule has 21 heavy (non-hydrogen) atoms. The maximum atomic E-state index is 11.8. The Morgan fingerprint density at radius 1 is 0.905 bits per heavy atom. The lowest BCUT2D eigenvalue weighted by atomic mass is 10.2. The van der Waals surface area contributed by atoms with E-state index < -0.39 is 11.8 Å². The number of phenols is 1. The fraction of sp³-hybridized carbons (Fsp3) is 0. The number of halogens is 2. The Labute approximate surface area is 130 Å². The van der Waals surface area contributed by atoms with E-state index in [9.17, 15) is 14.7 Å². The van der Waals surface area contributed by atoms with E-state index in [1.54, 1.807) is 12.1 Å². The van der Waals surface area contributed by atoms with Gasteiger partial charge in [0, 0.05) is 5.56 Å². The average Bonchev–Trinajstić information content (AvgIpc) is 2.47. The van der Waals surface area contributed by atoms with Crippen LogP contribution in [-0.4, -0.2) is 16.9 Å². The lowest BCUT2D eigenvalue weighted by Crippen LogP contribution is -2.41. The molecule has 0 radical (unpaired) electrons. The molecule has 5 nitrogen and oxygen atoms in total. The highest BCUT2D eigenvalue weighted by molar-refractivity contribution is 6.42. The molecule has 2 aromatic rings. The van der Waals surface area contributed by atoms with Gasteiger partial charge in [-0.2, -0.15) is 0 Å². The third-order valence-electron chi connectivity index (χ3n) is 2.62. The molecule has 108 valence electrons. The van der Waals surface area contributed by atoms with Gasteiger partial charge in [0.25, 0.3) is 11.8 Å². The van der Waals surface area contributed by atoms with Crippen LogP contribution >= 0.6 is 23.2 Å². The van der Waals surface area contributed by atoms with Crippen LogP contribution in [0.15, 0.2) is 42.5 Å². The molecule has 2 amide bonds. The summed E-state index contributed by atoms with van der Waals surface area (Å²) in [7, 11) is 0. The van der Waals surface area contributed by atoms with Gasteiger partial charge in [-0.3, -0.25) is 20.4 Å². The van der Waals surface area contributed by atoms with Crippen molar-refractivity contribution in [2.45, 2.75) is 0 Å². The molecule has 7 heteroatoms. The molecule has 0 atom stereocenters. The van der Waals surface area contributed by atoms with Crippen molar-refractivity contribution in [3.63, 3.8) is 0 Å². The van der Waals surface area contributed by atoms with Gasteiger partial charge in [-0.25, -0.2) is 0 Å². The lowest BCUT2D eigenvalue weighted by Gasteiger charge is -2.08. The SMILES string of the molecule is O=C(NNC(=O)c1ccccc1O)c1ccc(Cl)c(Cl)c1. The highest BCUT2D eigenvalue weighted by Gasteiger charge is 2.12. The summed E-state index contributed by atoms with van der Waals surface area (Å²) in [5.74, 6) is -1.38. The van der Waals surface area contributed by atoms with E-state index in [0.29, 0.717) is 5.02 Å². The first kappa shape index (κ1) is 15.2.